The first-order chi connectivity index (χ1) is 12.5. The molecule has 1 amide bonds. The van der Waals surface area contributed by atoms with Gasteiger partial charge in [0.1, 0.15) is 6.54 Å². The summed E-state index contributed by atoms with van der Waals surface area (Å²) in [6.45, 7) is 3.62. The molecule has 3 rings (SSSR count). The van der Waals surface area contributed by atoms with Crippen molar-refractivity contribution < 1.29 is 27.9 Å². The Hall–Kier alpha value is -2.06. The van der Waals surface area contributed by atoms with Gasteiger partial charge in [-0.2, -0.15) is 18.3 Å². The van der Waals surface area contributed by atoms with Crippen LogP contribution in [0.3, 0.4) is 0 Å². The second kappa shape index (κ2) is 6.83. The van der Waals surface area contributed by atoms with Crippen LogP contribution in [0, 0.1) is 31.6 Å². The molecule has 9 heteroatoms. The van der Waals surface area contributed by atoms with Crippen LogP contribution in [0.5, 0.6) is 0 Å². The van der Waals surface area contributed by atoms with Crippen LogP contribution in [0.25, 0.3) is 0 Å². The fourth-order valence-electron chi connectivity index (χ4n) is 4.69. The molecule has 1 aromatic heterocycles. The summed E-state index contributed by atoms with van der Waals surface area (Å²) in [7, 11) is 0. The molecule has 2 N–H and O–H groups in total. The van der Waals surface area contributed by atoms with Gasteiger partial charge in [-0.25, -0.2) is 0 Å². The third kappa shape index (κ3) is 3.82. The van der Waals surface area contributed by atoms with Gasteiger partial charge in [0.2, 0.25) is 5.91 Å². The lowest BCUT2D eigenvalue weighted by Gasteiger charge is -2.41. The normalized spacial score (nSPS) is 28.4. The van der Waals surface area contributed by atoms with Crippen molar-refractivity contribution in [2.45, 2.75) is 64.7 Å². The van der Waals surface area contributed by atoms with E-state index in [2.05, 4.69) is 10.4 Å². The summed E-state index contributed by atoms with van der Waals surface area (Å²) >= 11 is 0. The lowest BCUT2D eigenvalue weighted by atomic mass is 9.71. The van der Waals surface area contributed by atoms with E-state index < -0.39 is 24.6 Å². The van der Waals surface area contributed by atoms with Crippen molar-refractivity contribution in [3.8, 4) is 0 Å². The van der Waals surface area contributed by atoms with E-state index in [1.807, 2.05) is 0 Å². The van der Waals surface area contributed by atoms with E-state index in [0.29, 0.717) is 35.7 Å². The molecule has 0 aromatic carbocycles. The number of nitrogens with zero attached hydrogens (tertiary/aromatic N) is 2. The Balaban J connectivity index is 1.66. The molecule has 2 saturated carbocycles. The number of carbonyl (C=O) groups is 2. The summed E-state index contributed by atoms with van der Waals surface area (Å²) in [5.41, 5.74) is 1.27. The van der Waals surface area contributed by atoms with Crippen molar-refractivity contribution in [1.29, 1.82) is 0 Å². The SMILES string of the molecule is Cc1nn(CC(F)(F)F)c(C)c1C(C)C(=O)NC1CC2CC(C(=O)O)CC21. The Morgan fingerprint density at radius 1 is 1.30 bits per heavy atom. The summed E-state index contributed by atoms with van der Waals surface area (Å²) in [5.74, 6) is -1.49. The van der Waals surface area contributed by atoms with Crippen LogP contribution >= 0.6 is 0 Å². The minimum atomic E-state index is -4.38. The third-order valence-electron chi connectivity index (χ3n) is 6.09. The number of carbonyl (C=O) groups excluding carboxylic acids is 1. The van der Waals surface area contributed by atoms with Gasteiger partial charge in [-0.15, -0.1) is 0 Å². The lowest BCUT2D eigenvalue weighted by molar-refractivity contribution is -0.143. The van der Waals surface area contributed by atoms with E-state index in [-0.39, 0.29) is 23.8 Å². The van der Waals surface area contributed by atoms with Gasteiger partial charge in [0.05, 0.1) is 17.5 Å². The van der Waals surface area contributed by atoms with E-state index >= 15 is 0 Å². The summed E-state index contributed by atoms with van der Waals surface area (Å²) in [6.07, 6.45) is -2.39. The van der Waals surface area contributed by atoms with Crippen molar-refractivity contribution >= 4 is 11.9 Å². The van der Waals surface area contributed by atoms with Crippen molar-refractivity contribution in [3.05, 3.63) is 17.0 Å². The number of halogens is 3. The summed E-state index contributed by atoms with van der Waals surface area (Å²) in [6, 6.07) is -0.0554. The number of rotatable bonds is 5. The molecule has 1 heterocycles. The standard InChI is InChI=1S/C18H24F3N3O3/c1-8(15-9(2)23-24(10(15)3)7-18(19,20)21)16(25)22-14-6-11-4-12(17(26)27)5-13(11)14/h8,11-14H,4-7H2,1-3H3,(H,22,25)(H,26,27). The van der Waals surface area contributed by atoms with E-state index in [9.17, 15) is 22.8 Å². The molecule has 27 heavy (non-hydrogen) atoms. The van der Waals surface area contributed by atoms with Gasteiger partial charge in [0.25, 0.3) is 0 Å². The minimum absolute atomic E-state index is 0.0554. The maximum Gasteiger partial charge on any atom is 0.408 e. The summed E-state index contributed by atoms with van der Waals surface area (Å²) in [5, 5.41) is 16.1. The van der Waals surface area contributed by atoms with Crippen LogP contribution in [-0.4, -0.2) is 39.0 Å². The number of aliphatic carboxylic acids is 1. The zero-order valence-electron chi connectivity index (χ0n) is 15.5. The summed E-state index contributed by atoms with van der Waals surface area (Å²) in [4.78, 5) is 23.8. The fourth-order valence-corrected chi connectivity index (χ4v) is 4.69. The van der Waals surface area contributed by atoms with Crippen molar-refractivity contribution in [2.24, 2.45) is 17.8 Å². The first-order valence-electron chi connectivity index (χ1n) is 9.11. The number of amides is 1. The van der Waals surface area contributed by atoms with Gasteiger partial charge in [0.15, 0.2) is 0 Å². The van der Waals surface area contributed by atoms with Crippen molar-refractivity contribution in [2.75, 3.05) is 0 Å². The molecule has 0 spiro atoms. The quantitative estimate of drug-likeness (QED) is 0.814. The molecule has 2 aliphatic rings. The molecule has 0 aliphatic heterocycles. The Morgan fingerprint density at radius 2 is 1.96 bits per heavy atom. The molecule has 0 radical (unpaired) electrons. The predicted molar refractivity (Wildman–Crippen MR) is 90.1 cm³/mol. The topological polar surface area (TPSA) is 84.2 Å². The Morgan fingerprint density at radius 3 is 2.56 bits per heavy atom. The number of alkyl halides is 3. The number of carboxylic acids is 1. The van der Waals surface area contributed by atoms with Crippen LogP contribution in [0.1, 0.15) is 49.1 Å². The highest BCUT2D eigenvalue weighted by Crippen LogP contribution is 2.49. The van der Waals surface area contributed by atoms with Gasteiger partial charge >= 0.3 is 12.1 Å². The second-order valence-corrected chi connectivity index (χ2v) is 7.86. The molecule has 1 aromatic rings. The summed E-state index contributed by atoms with van der Waals surface area (Å²) < 4.78 is 38.9. The van der Waals surface area contributed by atoms with Crippen LogP contribution in [0.4, 0.5) is 13.2 Å². The lowest BCUT2D eigenvalue weighted by Crippen LogP contribution is -2.51. The van der Waals surface area contributed by atoms with Crippen LogP contribution in [0.2, 0.25) is 0 Å². The Kier molecular flexibility index (Phi) is 4.98. The molecule has 2 aliphatic carbocycles. The van der Waals surface area contributed by atoms with Gasteiger partial charge in [0, 0.05) is 17.3 Å². The monoisotopic (exact) mass is 387 g/mol. The third-order valence-corrected chi connectivity index (χ3v) is 6.09. The highest BCUT2D eigenvalue weighted by atomic mass is 19.4. The van der Waals surface area contributed by atoms with Gasteiger partial charge < -0.3 is 10.4 Å². The van der Waals surface area contributed by atoms with Gasteiger partial charge in [-0.05, 0) is 51.9 Å². The Labute approximate surface area is 155 Å². The smallest absolute Gasteiger partial charge is 0.408 e. The predicted octanol–water partition coefficient (Wildman–Crippen LogP) is 2.78. The Bertz CT molecular complexity index is 759. The first-order valence-corrected chi connectivity index (χ1v) is 9.11. The zero-order chi connectivity index (χ0) is 20.1. The number of aryl methyl sites for hydroxylation is 1. The molecule has 2 fully saturated rings. The number of hydrogen-bond acceptors (Lipinski definition) is 3. The van der Waals surface area contributed by atoms with Crippen LogP contribution in [-0.2, 0) is 16.1 Å². The van der Waals surface area contributed by atoms with Crippen molar-refractivity contribution in [3.63, 3.8) is 0 Å². The number of carboxylic acid groups (broad SMARTS) is 1. The highest BCUT2D eigenvalue weighted by Gasteiger charge is 2.50. The molecule has 0 bridgehead atoms. The highest BCUT2D eigenvalue weighted by molar-refractivity contribution is 5.84. The molecule has 6 nitrogen and oxygen atoms in total. The zero-order valence-corrected chi connectivity index (χ0v) is 15.5. The minimum Gasteiger partial charge on any atom is -0.481 e. The van der Waals surface area contributed by atoms with Gasteiger partial charge in [-0.1, -0.05) is 0 Å². The maximum atomic E-state index is 12.7. The fraction of sp³-hybridized carbons (Fsp3) is 0.722. The molecule has 5 unspecified atom stereocenters. The van der Waals surface area contributed by atoms with E-state index in [4.69, 9.17) is 5.11 Å². The number of hydrogen-bond donors (Lipinski definition) is 2. The average Bonchev–Trinajstić information content (AvgIpc) is 3.00. The molecular weight excluding hydrogens is 363 g/mol. The van der Waals surface area contributed by atoms with E-state index in [1.54, 1.807) is 20.8 Å². The molecule has 150 valence electrons. The van der Waals surface area contributed by atoms with Gasteiger partial charge in [-0.3, -0.25) is 14.3 Å². The molecular formula is C18H24F3N3O3. The number of fused-ring (bicyclic) bond motifs is 1. The second-order valence-electron chi connectivity index (χ2n) is 7.86. The maximum absolute atomic E-state index is 12.7. The van der Waals surface area contributed by atoms with Crippen molar-refractivity contribution in [1.82, 2.24) is 15.1 Å². The average molecular weight is 387 g/mol. The molecule has 5 atom stereocenters. The number of aromatic nitrogens is 2. The van der Waals surface area contributed by atoms with Crippen LogP contribution in [0.15, 0.2) is 0 Å². The largest absolute Gasteiger partial charge is 0.481 e. The van der Waals surface area contributed by atoms with Crippen LogP contribution < -0.4 is 5.32 Å². The number of nitrogens with one attached hydrogen (secondary N) is 1. The molecule has 0 saturated heterocycles. The van der Waals surface area contributed by atoms with E-state index in [0.717, 1.165) is 11.1 Å². The first kappa shape index (κ1) is 19.7. The van der Waals surface area contributed by atoms with E-state index in [1.165, 1.54) is 0 Å².